The molecule has 3 nitrogen and oxygen atoms in total. The number of rotatable bonds is 8. The van der Waals surface area contributed by atoms with Crippen LogP contribution in [0.1, 0.15) is 61.8 Å². The Labute approximate surface area is 133 Å². The maximum absolute atomic E-state index is 4.73. The van der Waals surface area contributed by atoms with Crippen LogP contribution in [0, 0.1) is 13.8 Å². The molecule has 1 fully saturated rings. The van der Waals surface area contributed by atoms with E-state index in [4.69, 9.17) is 9.97 Å². The molecule has 0 amide bonds. The van der Waals surface area contributed by atoms with E-state index in [1.807, 2.05) is 11.8 Å². The van der Waals surface area contributed by atoms with Crippen LogP contribution in [0.15, 0.2) is 0 Å². The Morgan fingerprint density at radius 3 is 2.38 bits per heavy atom. The summed E-state index contributed by atoms with van der Waals surface area (Å²) >= 11 is 2.05. The number of hydrogen-bond acceptors (Lipinski definition) is 4. The fourth-order valence-corrected chi connectivity index (χ4v) is 4.18. The standard InChI is InChI=1S/C17H29N3S/c1-4-10-18-11-9-16-13(2)19-17(20-14(16)3)12-21-15-7-5-6-8-15/h15,18H,4-12H2,1-3H3. The molecular weight excluding hydrogens is 278 g/mol. The Morgan fingerprint density at radius 1 is 1.10 bits per heavy atom. The molecule has 4 heteroatoms. The van der Waals surface area contributed by atoms with Crippen LogP contribution in [0.25, 0.3) is 0 Å². The molecule has 0 aromatic carbocycles. The highest BCUT2D eigenvalue weighted by molar-refractivity contribution is 7.99. The van der Waals surface area contributed by atoms with E-state index < -0.39 is 0 Å². The van der Waals surface area contributed by atoms with Gasteiger partial charge in [0.25, 0.3) is 0 Å². The third kappa shape index (κ3) is 5.26. The van der Waals surface area contributed by atoms with E-state index in [0.29, 0.717) is 0 Å². The molecular formula is C17H29N3S. The fraction of sp³-hybridized carbons (Fsp3) is 0.765. The molecule has 1 aliphatic carbocycles. The monoisotopic (exact) mass is 307 g/mol. The molecule has 1 saturated carbocycles. The van der Waals surface area contributed by atoms with Crippen LogP contribution in [0.5, 0.6) is 0 Å². The average Bonchev–Trinajstić information content (AvgIpc) is 2.97. The largest absolute Gasteiger partial charge is 0.316 e. The van der Waals surface area contributed by atoms with Gasteiger partial charge in [-0.15, -0.1) is 0 Å². The van der Waals surface area contributed by atoms with Crippen LogP contribution < -0.4 is 5.32 Å². The van der Waals surface area contributed by atoms with Gasteiger partial charge in [0, 0.05) is 16.6 Å². The molecule has 0 aliphatic heterocycles. The quantitative estimate of drug-likeness (QED) is 0.741. The van der Waals surface area contributed by atoms with Crippen LogP contribution >= 0.6 is 11.8 Å². The van der Waals surface area contributed by atoms with Crippen molar-refractivity contribution in [3.63, 3.8) is 0 Å². The molecule has 0 bridgehead atoms. The zero-order chi connectivity index (χ0) is 15.1. The summed E-state index contributed by atoms with van der Waals surface area (Å²) in [5, 5.41) is 4.30. The van der Waals surface area contributed by atoms with E-state index in [9.17, 15) is 0 Å². The van der Waals surface area contributed by atoms with E-state index in [0.717, 1.165) is 36.3 Å². The summed E-state index contributed by atoms with van der Waals surface area (Å²) in [7, 11) is 0. The molecule has 118 valence electrons. The third-order valence-corrected chi connectivity index (χ3v) is 5.56. The first-order valence-corrected chi connectivity index (χ1v) is 9.41. The number of nitrogens with zero attached hydrogens (tertiary/aromatic N) is 2. The highest BCUT2D eigenvalue weighted by Crippen LogP contribution is 2.31. The summed E-state index contributed by atoms with van der Waals surface area (Å²) in [5.41, 5.74) is 3.67. The van der Waals surface area contributed by atoms with Gasteiger partial charge in [0.2, 0.25) is 0 Å². The minimum Gasteiger partial charge on any atom is -0.316 e. The second kappa shape index (κ2) is 8.74. The summed E-state index contributed by atoms with van der Waals surface area (Å²) in [6.07, 6.45) is 7.79. The van der Waals surface area contributed by atoms with E-state index in [2.05, 4.69) is 26.1 Å². The summed E-state index contributed by atoms with van der Waals surface area (Å²) in [4.78, 5) is 9.47. The van der Waals surface area contributed by atoms with Crippen LogP contribution in [0.4, 0.5) is 0 Å². The number of nitrogens with one attached hydrogen (secondary N) is 1. The van der Waals surface area contributed by atoms with Gasteiger partial charge in [0.05, 0.1) is 5.75 Å². The van der Waals surface area contributed by atoms with Gasteiger partial charge in [-0.2, -0.15) is 11.8 Å². The predicted octanol–water partition coefficient (Wildman–Crippen LogP) is 3.81. The normalized spacial score (nSPS) is 15.8. The van der Waals surface area contributed by atoms with Crippen molar-refractivity contribution in [2.24, 2.45) is 0 Å². The zero-order valence-electron chi connectivity index (χ0n) is 13.7. The van der Waals surface area contributed by atoms with Gasteiger partial charge >= 0.3 is 0 Å². The zero-order valence-corrected chi connectivity index (χ0v) is 14.6. The van der Waals surface area contributed by atoms with Gasteiger partial charge in [0.1, 0.15) is 5.82 Å². The number of aryl methyl sites for hydroxylation is 2. The van der Waals surface area contributed by atoms with E-state index in [1.165, 1.54) is 49.1 Å². The Bertz CT molecular complexity index is 419. The van der Waals surface area contributed by atoms with E-state index >= 15 is 0 Å². The lowest BCUT2D eigenvalue weighted by Gasteiger charge is -2.12. The second-order valence-electron chi connectivity index (χ2n) is 6.01. The Hall–Kier alpha value is -0.610. The molecule has 21 heavy (non-hydrogen) atoms. The molecule has 1 heterocycles. The highest BCUT2D eigenvalue weighted by Gasteiger charge is 2.16. The summed E-state index contributed by atoms with van der Waals surface area (Å²) in [5.74, 6) is 1.99. The summed E-state index contributed by atoms with van der Waals surface area (Å²) in [6, 6.07) is 0. The minimum absolute atomic E-state index is 0.840. The minimum atomic E-state index is 0.840. The van der Waals surface area contributed by atoms with Crippen molar-refractivity contribution in [1.82, 2.24) is 15.3 Å². The van der Waals surface area contributed by atoms with Crippen molar-refractivity contribution in [1.29, 1.82) is 0 Å². The smallest absolute Gasteiger partial charge is 0.138 e. The van der Waals surface area contributed by atoms with Gasteiger partial charge in [-0.1, -0.05) is 19.8 Å². The maximum atomic E-state index is 4.73. The first-order chi connectivity index (χ1) is 10.2. The van der Waals surface area contributed by atoms with Gasteiger partial charge in [-0.3, -0.25) is 0 Å². The van der Waals surface area contributed by atoms with Gasteiger partial charge < -0.3 is 5.32 Å². The lowest BCUT2D eigenvalue weighted by molar-refractivity contribution is 0.665. The Morgan fingerprint density at radius 2 is 1.76 bits per heavy atom. The molecule has 0 radical (unpaired) electrons. The second-order valence-corrected chi connectivity index (χ2v) is 7.30. The molecule has 0 saturated heterocycles. The van der Waals surface area contributed by atoms with E-state index in [-0.39, 0.29) is 0 Å². The van der Waals surface area contributed by atoms with Gasteiger partial charge in [-0.25, -0.2) is 9.97 Å². The third-order valence-electron chi connectivity index (χ3n) is 4.20. The molecule has 1 aromatic heterocycles. The number of hydrogen-bond donors (Lipinski definition) is 1. The lowest BCUT2D eigenvalue weighted by Crippen LogP contribution is -2.19. The van der Waals surface area contributed by atoms with Crippen molar-refractivity contribution < 1.29 is 0 Å². The molecule has 0 unspecified atom stereocenters. The maximum Gasteiger partial charge on any atom is 0.138 e. The van der Waals surface area contributed by atoms with Crippen molar-refractivity contribution in [3.8, 4) is 0 Å². The topological polar surface area (TPSA) is 37.8 Å². The van der Waals surface area contributed by atoms with E-state index in [1.54, 1.807) is 0 Å². The van der Waals surface area contributed by atoms with Crippen molar-refractivity contribution in [2.75, 3.05) is 13.1 Å². The summed E-state index contributed by atoms with van der Waals surface area (Å²) < 4.78 is 0. The fourth-order valence-electron chi connectivity index (χ4n) is 3.00. The highest BCUT2D eigenvalue weighted by atomic mass is 32.2. The number of thioether (sulfide) groups is 1. The molecule has 2 rings (SSSR count). The summed E-state index contributed by atoms with van der Waals surface area (Å²) in [6.45, 7) is 8.58. The number of aromatic nitrogens is 2. The Balaban J connectivity index is 1.89. The molecule has 1 N–H and O–H groups in total. The molecule has 1 aliphatic rings. The Kier molecular flexibility index (Phi) is 6.97. The first kappa shape index (κ1) is 16.8. The molecule has 0 atom stereocenters. The lowest BCUT2D eigenvalue weighted by atomic mass is 10.1. The molecule has 0 spiro atoms. The van der Waals surface area contributed by atoms with Crippen LogP contribution in [0.3, 0.4) is 0 Å². The van der Waals surface area contributed by atoms with Gasteiger partial charge in [0.15, 0.2) is 0 Å². The van der Waals surface area contributed by atoms with Crippen LogP contribution in [-0.4, -0.2) is 28.3 Å². The van der Waals surface area contributed by atoms with Crippen LogP contribution in [0.2, 0.25) is 0 Å². The van der Waals surface area contributed by atoms with Gasteiger partial charge in [-0.05, 0) is 58.2 Å². The average molecular weight is 308 g/mol. The first-order valence-electron chi connectivity index (χ1n) is 8.36. The predicted molar refractivity (Wildman–Crippen MR) is 91.9 cm³/mol. The van der Waals surface area contributed by atoms with Crippen LogP contribution in [-0.2, 0) is 12.2 Å². The van der Waals surface area contributed by atoms with Crippen molar-refractivity contribution in [2.45, 2.75) is 70.3 Å². The SMILES string of the molecule is CCCNCCc1c(C)nc(CSC2CCCC2)nc1C. The van der Waals surface area contributed by atoms with Crippen molar-refractivity contribution in [3.05, 3.63) is 22.8 Å². The molecule has 1 aromatic rings. The van der Waals surface area contributed by atoms with Crippen molar-refractivity contribution >= 4 is 11.8 Å².